The van der Waals surface area contributed by atoms with Crippen LogP contribution in [-0.2, 0) is 16.1 Å². The summed E-state index contributed by atoms with van der Waals surface area (Å²) < 4.78 is 5.40. The molecule has 0 N–H and O–H groups in total. The second-order valence-electron chi connectivity index (χ2n) is 4.56. The summed E-state index contributed by atoms with van der Waals surface area (Å²) in [7, 11) is 0. The van der Waals surface area contributed by atoms with Gasteiger partial charge in [-0.15, -0.1) is 0 Å². The van der Waals surface area contributed by atoms with Crippen LogP contribution in [0.1, 0.15) is 12.0 Å². The number of ether oxygens (including phenoxy) is 1. The number of hydrogen-bond donors (Lipinski definition) is 0. The molecule has 3 nitrogen and oxygen atoms in total. The minimum Gasteiger partial charge on any atom is -0.497 e. The molecule has 0 bridgehead atoms. The zero-order valence-corrected chi connectivity index (χ0v) is 9.58. The molecule has 17 heavy (non-hydrogen) atoms. The molecule has 3 heteroatoms. The molecule has 2 aliphatic rings. The summed E-state index contributed by atoms with van der Waals surface area (Å²) in [6.07, 6.45) is 4.55. The fourth-order valence-corrected chi connectivity index (χ4v) is 2.49. The van der Waals surface area contributed by atoms with E-state index in [-0.39, 0.29) is 17.9 Å². The molecule has 1 fully saturated rings. The molecule has 0 spiro atoms. The van der Waals surface area contributed by atoms with Crippen molar-refractivity contribution in [1.29, 1.82) is 0 Å². The van der Waals surface area contributed by atoms with Crippen molar-refractivity contribution in [3.05, 3.63) is 48.2 Å². The van der Waals surface area contributed by atoms with Gasteiger partial charge in [0, 0.05) is 19.5 Å². The molecule has 2 heterocycles. The number of piperidine rings is 1. The van der Waals surface area contributed by atoms with Crippen molar-refractivity contribution in [1.82, 2.24) is 4.90 Å². The highest BCUT2D eigenvalue weighted by Crippen LogP contribution is 2.28. The van der Waals surface area contributed by atoms with E-state index in [0.717, 1.165) is 13.0 Å². The molecule has 0 aromatic heterocycles. The predicted octanol–water partition coefficient (Wildman–Crippen LogP) is 1.95. The summed E-state index contributed by atoms with van der Waals surface area (Å²) in [5.41, 5.74) is 1.18. The lowest BCUT2D eigenvalue weighted by atomic mass is 9.94. The highest BCUT2D eigenvalue weighted by molar-refractivity contribution is 5.82. The number of carbonyl (C=O) groups excluding carboxylic acids is 1. The van der Waals surface area contributed by atoms with Crippen LogP contribution >= 0.6 is 0 Å². The average molecular weight is 229 g/mol. The zero-order valence-electron chi connectivity index (χ0n) is 9.58. The predicted molar refractivity (Wildman–Crippen MR) is 64.0 cm³/mol. The highest BCUT2D eigenvalue weighted by atomic mass is 16.5. The topological polar surface area (TPSA) is 29.5 Å². The van der Waals surface area contributed by atoms with Gasteiger partial charge in [0.15, 0.2) is 0 Å². The number of carbonyl (C=O) groups is 1. The Morgan fingerprint density at radius 3 is 2.94 bits per heavy atom. The van der Waals surface area contributed by atoms with Crippen LogP contribution in [0.25, 0.3) is 0 Å². The van der Waals surface area contributed by atoms with Crippen LogP contribution in [0.4, 0.5) is 0 Å². The van der Waals surface area contributed by atoms with E-state index in [1.54, 1.807) is 6.26 Å². The van der Waals surface area contributed by atoms with Gasteiger partial charge in [0.05, 0.1) is 12.2 Å². The van der Waals surface area contributed by atoms with Crippen molar-refractivity contribution < 1.29 is 9.53 Å². The minimum atomic E-state index is -0.0625. The van der Waals surface area contributed by atoms with Gasteiger partial charge in [0.2, 0.25) is 5.91 Å². The van der Waals surface area contributed by atoms with Gasteiger partial charge >= 0.3 is 0 Å². The number of fused-ring (bicyclic) bond motifs is 1. The summed E-state index contributed by atoms with van der Waals surface area (Å²) in [5, 5.41) is 0. The van der Waals surface area contributed by atoms with Crippen LogP contribution in [-0.4, -0.2) is 23.5 Å². The Bertz CT molecular complexity index is 441. The average Bonchev–Trinajstić information content (AvgIpc) is 2.83. The molecule has 0 unspecified atom stereocenters. The molecule has 1 aromatic carbocycles. The van der Waals surface area contributed by atoms with Crippen LogP contribution in [0.2, 0.25) is 0 Å². The van der Waals surface area contributed by atoms with E-state index in [9.17, 15) is 4.79 Å². The number of hydrogen-bond acceptors (Lipinski definition) is 2. The van der Waals surface area contributed by atoms with Crippen LogP contribution in [0, 0.1) is 5.92 Å². The van der Waals surface area contributed by atoms with Gasteiger partial charge < -0.3 is 9.64 Å². The number of amides is 1. The summed E-state index contributed by atoms with van der Waals surface area (Å²) in [4.78, 5) is 14.1. The van der Waals surface area contributed by atoms with Gasteiger partial charge in [0.25, 0.3) is 0 Å². The van der Waals surface area contributed by atoms with Crippen molar-refractivity contribution in [3.8, 4) is 0 Å². The zero-order chi connectivity index (χ0) is 11.7. The molecule has 3 rings (SSSR count). The number of nitrogens with zero attached hydrogens (tertiary/aromatic N) is 1. The van der Waals surface area contributed by atoms with E-state index >= 15 is 0 Å². The summed E-state index contributed by atoms with van der Waals surface area (Å²) >= 11 is 0. The second-order valence-corrected chi connectivity index (χ2v) is 4.56. The van der Waals surface area contributed by atoms with Gasteiger partial charge in [0.1, 0.15) is 6.10 Å². The van der Waals surface area contributed by atoms with Gasteiger partial charge in [-0.25, -0.2) is 0 Å². The van der Waals surface area contributed by atoms with Crippen molar-refractivity contribution in [3.63, 3.8) is 0 Å². The Morgan fingerprint density at radius 2 is 2.12 bits per heavy atom. The first-order valence-corrected chi connectivity index (χ1v) is 5.99. The van der Waals surface area contributed by atoms with E-state index in [2.05, 4.69) is 12.1 Å². The molecule has 0 aliphatic carbocycles. The van der Waals surface area contributed by atoms with E-state index < -0.39 is 0 Å². The van der Waals surface area contributed by atoms with Crippen LogP contribution in [0.5, 0.6) is 0 Å². The normalized spacial score (nSPS) is 26.8. The van der Waals surface area contributed by atoms with Gasteiger partial charge in [-0.1, -0.05) is 30.3 Å². The number of likely N-dealkylation sites (tertiary alicyclic amines) is 1. The first-order chi connectivity index (χ1) is 8.34. The Morgan fingerprint density at radius 1 is 1.29 bits per heavy atom. The molecule has 2 atom stereocenters. The fourth-order valence-electron chi connectivity index (χ4n) is 2.49. The minimum absolute atomic E-state index is 0.0625. The maximum atomic E-state index is 12.2. The van der Waals surface area contributed by atoms with Crippen LogP contribution in [0.3, 0.4) is 0 Å². The van der Waals surface area contributed by atoms with Gasteiger partial charge in [-0.3, -0.25) is 4.79 Å². The number of rotatable bonds is 2. The third kappa shape index (κ3) is 1.93. The Balaban J connectivity index is 1.72. The van der Waals surface area contributed by atoms with Crippen molar-refractivity contribution in [2.24, 2.45) is 5.92 Å². The molecule has 2 aliphatic heterocycles. The summed E-state index contributed by atoms with van der Waals surface area (Å²) in [6.45, 7) is 1.49. The second kappa shape index (κ2) is 4.24. The van der Waals surface area contributed by atoms with Crippen molar-refractivity contribution in [2.45, 2.75) is 19.1 Å². The maximum Gasteiger partial charge on any atom is 0.233 e. The molecule has 0 saturated carbocycles. The molecular weight excluding hydrogens is 214 g/mol. The molecular formula is C14H15NO2. The third-order valence-electron chi connectivity index (χ3n) is 3.44. The summed E-state index contributed by atoms with van der Waals surface area (Å²) in [6, 6.07) is 10.1. The van der Waals surface area contributed by atoms with Gasteiger partial charge in [-0.05, 0) is 11.6 Å². The largest absolute Gasteiger partial charge is 0.497 e. The molecule has 88 valence electrons. The lowest BCUT2D eigenvalue weighted by Crippen LogP contribution is -2.45. The Labute approximate surface area is 101 Å². The van der Waals surface area contributed by atoms with Crippen LogP contribution < -0.4 is 0 Å². The smallest absolute Gasteiger partial charge is 0.233 e. The van der Waals surface area contributed by atoms with E-state index in [0.29, 0.717) is 6.54 Å². The quantitative estimate of drug-likeness (QED) is 0.775. The first-order valence-electron chi connectivity index (χ1n) is 5.99. The van der Waals surface area contributed by atoms with Crippen molar-refractivity contribution >= 4 is 5.91 Å². The molecule has 1 amide bonds. The molecule has 1 aromatic rings. The molecule has 0 radical (unpaired) electrons. The van der Waals surface area contributed by atoms with Crippen LogP contribution in [0.15, 0.2) is 42.7 Å². The maximum absolute atomic E-state index is 12.2. The lowest BCUT2D eigenvalue weighted by molar-refractivity contribution is -0.141. The Kier molecular flexibility index (Phi) is 2.59. The first kappa shape index (κ1) is 10.4. The lowest BCUT2D eigenvalue weighted by Gasteiger charge is -2.33. The SMILES string of the molecule is O=C1[C@H]2C=CO[C@H]2CCN1Cc1ccccc1. The third-order valence-corrected chi connectivity index (χ3v) is 3.44. The van der Waals surface area contributed by atoms with E-state index in [4.69, 9.17) is 4.74 Å². The van der Waals surface area contributed by atoms with E-state index in [1.165, 1.54) is 5.56 Å². The number of benzene rings is 1. The van der Waals surface area contributed by atoms with E-state index in [1.807, 2.05) is 29.2 Å². The standard InChI is InChI=1S/C14H15NO2/c16-14-12-7-9-17-13(12)6-8-15(14)10-11-4-2-1-3-5-11/h1-5,7,9,12-13H,6,8,10H2/t12-,13-/m0/s1. The van der Waals surface area contributed by atoms with Crippen molar-refractivity contribution in [2.75, 3.05) is 6.54 Å². The highest BCUT2D eigenvalue weighted by Gasteiger charge is 2.38. The fraction of sp³-hybridized carbons (Fsp3) is 0.357. The van der Waals surface area contributed by atoms with Gasteiger partial charge in [-0.2, -0.15) is 0 Å². The Hall–Kier alpha value is -1.77. The summed E-state index contributed by atoms with van der Waals surface area (Å²) in [5.74, 6) is 0.131. The molecule has 1 saturated heterocycles. The monoisotopic (exact) mass is 229 g/mol.